The summed E-state index contributed by atoms with van der Waals surface area (Å²) >= 11 is 0. The molecular weight excluding hydrogens is 416 g/mol. The molecule has 0 amide bonds. The maximum absolute atomic E-state index is 8.94. The molecule has 0 spiro atoms. The largest absolute Gasteiger partial charge is 0.340 e. The quantitative estimate of drug-likeness (QED) is 0.505. The van der Waals surface area contributed by atoms with Crippen LogP contribution in [0.5, 0.6) is 0 Å². The predicted molar refractivity (Wildman–Crippen MR) is 129 cm³/mol. The molecule has 2 heterocycles. The second-order valence-corrected chi connectivity index (χ2v) is 8.12. The van der Waals surface area contributed by atoms with Crippen molar-refractivity contribution in [2.75, 3.05) is 31.3 Å². The van der Waals surface area contributed by atoms with Crippen LogP contribution in [0.3, 0.4) is 0 Å². The number of hydrogen-bond donors (Lipinski definition) is 3. The van der Waals surface area contributed by atoms with E-state index in [1.807, 2.05) is 51.0 Å². The fourth-order valence-electron chi connectivity index (χ4n) is 3.54. The third-order valence-corrected chi connectivity index (χ3v) is 5.05. The highest BCUT2D eigenvalue weighted by molar-refractivity contribution is 5.84. The van der Waals surface area contributed by atoms with E-state index in [1.54, 1.807) is 18.3 Å². The normalized spacial score (nSPS) is 15.0. The SMILES string of the molecule is Cc1cc(C2N=C(CN(C)C)NO2)cc(C)c1Nc1ccnc(Nc2ccc(C#N)cc2)n1. The van der Waals surface area contributed by atoms with Gasteiger partial charge in [0.05, 0.1) is 18.2 Å². The summed E-state index contributed by atoms with van der Waals surface area (Å²) in [6.07, 6.45) is 1.33. The zero-order chi connectivity index (χ0) is 23.4. The van der Waals surface area contributed by atoms with Gasteiger partial charge in [-0.15, -0.1) is 0 Å². The Morgan fingerprint density at radius 2 is 1.82 bits per heavy atom. The number of hydroxylamine groups is 1. The lowest BCUT2D eigenvalue weighted by molar-refractivity contribution is 0.0367. The summed E-state index contributed by atoms with van der Waals surface area (Å²) in [4.78, 5) is 21.2. The van der Waals surface area contributed by atoms with Crippen molar-refractivity contribution in [1.82, 2.24) is 20.3 Å². The van der Waals surface area contributed by atoms with E-state index < -0.39 is 0 Å². The van der Waals surface area contributed by atoms with Crippen molar-refractivity contribution >= 4 is 29.0 Å². The molecule has 9 heteroatoms. The number of nitrogens with zero attached hydrogens (tertiary/aromatic N) is 5. The van der Waals surface area contributed by atoms with E-state index in [-0.39, 0.29) is 6.23 Å². The summed E-state index contributed by atoms with van der Waals surface area (Å²) in [6, 6.07) is 15.2. The molecular formula is C24H26N8O. The fourth-order valence-corrected chi connectivity index (χ4v) is 3.54. The van der Waals surface area contributed by atoms with Crippen LogP contribution in [0.15, 0.2) is 53.7 Å². The number of nitriles is 1. The Kier molecular flexibility index (Phi) is 6.49. The minimum atomic E-state index is -0.367. The minimum absolute atomic E-state index is 0.367. The molecule has 33 heavy (non-hydrogen) atoms. The second kappa shape index (κ2) is 9.65. The van der Waals surface area contributed by atoms with Crippen molar-refractivity contribution in [2.45, 2.75) is 20.1 Å². The molecule has 1 aromatic heterocycles. The number of aliphatic imine (C=N–C) groups is 1. The highest BCUT2D eigenvalue weighted by Crippen LogP contribution is 2.30. The van der Waals surface area contributed by atoms with E-state index in [2.05, 4.69) is 49.3 Å². The molecule has 0 saturated heterocycles. The third-order valence-electron chi connectivity index (χ3n) is 5.05. The number of anilines is 4. The van der Waals surface area contributed by atoms with Crippen LogP contribution in [-0.4, -0.2) is 41.3 Å². The average Bonchev–Trinajstić information content (AvgIpc) is 3.25. The molecule has 1 unspecified atom stereocenters. The number of amidine groups is 1. The number of aryl methyl sites for hydroxylation is 2. The number of aromatic nitrogens is 2. The average molecular weight is 443 g/mol. The van der Waals surface area contributed by atoms with Crippen LogP contribution < -0.4 is 16.1 Å². The molecule has 3 N–H and O–H groups in total. The van der Waals surface area contributed by atoms with Crippen molar-refractivity contribution in [1.29, 1.82) is 5.26 Å². The van der Waals surface area contributed by atoms with Gasteiger partial charge >= 0.3 is 0 Å². The van der Waals surface area contributed by atoms with Crippen molar-refractivity contribution in [3.05, 3.63) is 70.9 Å². The van der Waals surface area contributed by atoms with Gasteiger partial charge in [0.2, 0.25) is 12.2 Å². The number of rotatable bonds is 7. The van der Waals surface area contributed by atoms with Gasteiger partial charge in [-0.2, -0.15) is 10.2 Å². The zero-order valence-corrected chi connectivity index (χ0v) is 19.0. The number of benzene rings is 2. The molecule has 1 aliphatic rings. The summed E-state index contributed by atoms with van der Waals surface area (Å²) in [6.45, 7) is 4.78. The molecule has 3 aromatic rings. The number of likely N-dealkylation sites (N-methyl/N-ethyl adjacent to an activating group) is 1. The smallest absolute Gasteiger partial charge is 0.229 e. The van der Waals surface area contributed by atoms with E-state index in [1.165, 1.54) is 0 Å². The molecule has 1 aliphatic heterocycles. The van der Waals surface area contributed by atoms with Gasteiger partial charge in [0.15, 0.2) is 0 Å². The van der Waals surface area contributed by atoms with Crippen LogP contribution >= 0.6 is 0 Å². The van der Waals surface area contributed by atoms with Gasteiger partial charge in [0.25, 0.3) is 0 Å². The standard InChI is InChI=1S/C24H26N8O/c1-15-11-18(23-29-21(31-33-23)14-32(3)4)12-16(2)22(15)28-20-9-10-26-24(30-20)27-19-7-5-17(13-25)6-8-19/h5-12,23H,14H2,1-4H3,(H,29,31)(H2,26,27,28,30). The summed E-state index contributed by atoms with van der Waals surface area (Å²) in [5.74, 6) is 1.95. The van der Waals surface area contributed by atoms with Crippen LogP contribution in [0.25, 0.3) is 0 Å². The lowest BCUT2D eigenvalue weighted by Crippen LogP contribution is -2.29. The number of nitrogens with one attached hydrogen (secondary N) is 3. The first kappa shape index (κ1) is 22.2. The van der Waals surface area contributed by atoms with Gasteiger partial charge in [-0.25, -0.2) is 20.3 Å². The summed E-state index contributed by atoms with van der Waals surface area (Å²) in [7, 11) is 3.98. The Labute approximate surface area is 193 Å². The Hall–Kier alpha value is -4.00. The first-order valence-corrected chi connectivity index (χ1v) is 10.5. The molecule has 0 saturated carbocycles. The monoisotopic (exact) mass is 442 g/mol. The maximum Gasteiger partial charge on any atom is 0.229 e. The van der Waals surface area contributed by atoms with E-state index in [0.29, 0.717) is 23.9 Å². The highest BCUT2D eigenvalue weighted by Gasteiger charge is 2.21. The van der Waals surface area contributed by atoms with Crippen LogP contribution in [0.4, 0.5) is 23.1 Å². The predicted octanol–water partition coefficient (Wildman–Crippen LogP) is 3.95. The van der Waals surface area contributed by atoms with Crippen LogP contribution in [0, 0.1) is 25.2 Å². The minimum Gasteiger partial charge on any atom is -0.340 e. The molecule has 168 valence electrons. The van der Waals surface area contributed by atoms with Gasteiger partial charge in [-0.1, -0.05) is 0 Å². The first-order valence-electron chi connectivity index (χ1n) is 10.5. The number of hydrogen-bond acceptors (Lipinski definition) is 9. The fraction of sp³-hybridized carbons (Fsp3) is 0.250. The lowest BCUT2D eigenvalue weighted by atomic mass is 10.0. The maximum atomic E-state index is 8.94. The van der Waals surface area contributed by atoms with Crippen molar-refractivity contribution in [2.24, 2.45) is 4.99 Å². The summed E-state index contributed by atoms with van der Waals surface area (Å²) in [5, 5.41) is 15.5. The van der Waals surface area contributed by atoms with Crippen LogP contribution in [0.1, 0.15) is 28.5 Å². The Morgan fingerprint density at radius 1 is 1.09 bits per heavy atom. The lowest BCUT2D eigenvalue weighted by Gasteiger charge is -2.16. The highest BCUT2D eigenvalue weighted by atomic mass is 16.7. The molecule has 0 radical (unpaired) electrons. The molecule has 0 bridgehead atoms. The van der Waals surface area contributed by atoms with E-state index >= 15 is 0 Å². The van der Waals surface area contributed by atoms with E-state index in [0.717, 1.165) is 33.9 Å². The van der Waals surface area contributed by atoms with Crippen molar-refractivity contribution in [3.8, 4) is 6.07 Å². The molecule has 9 nitrogen and oxygen atoms in total. The van der Waals surface area contributed by atoms with Gasteiger partial charge < -0.3 is 15.5 Å². The summed E-state index contributed by atoms with van der Waals surface area (Å²) < 4.78 is 0. The zero-order valence-electron chi connectivity index (χ0n) is 19.0. The van der Waals surface area contributed by atoms with Gasteiger partial charge in [-0.05, 0) is 81.5 Å². The molecule has 4 rings (SSSR count). The first-order chi connectivity index (χ1) is 15.9. The van der Waals surface area contributed by atoms with Gasteiger partial charge in [0.1, 0.15) is 11.7 Å². The topological polar surface area (TPSA) is 110 Å². The molecule has 1 atom stereocenters. The van der Waals surface area contributed by atoms with Gasteiger partial charge in [0, 0.05) is 23.1 Å². The third kappa shape index (κ3) is 5.44. The van der Waals surface area contributed by atoms with Crippen LogP contribution in [0.2, 0.25) is 0 Å². The Balaban J connectivity index is 1.49. The van der Waals surface area contributed by atoms with E-state index in [9.17, 15) is 0 Å². The van der Waals surface area contributed by atoms with Crippen LogP contribution in [-0.2, 0) is 4.84 Å². The van der Waals surface area contributed by atoms with E-state index in [4.69, 9.17) is 10.1 Å². The molecule has 0 aliphatic carbocycles. The van der Waals surface area contributed by atoms with Crippen molar-refractivity contribution < 1.29 is 4.84 Å². The second-order valence-electron chi connectivity index (χ2n) is 8.12. The Morgan fingerprint density at radius 3 is 2.48 bits per heavy atom. The Bertz CT molecular complexity index is 1190. The molecule has 2 aromatic carbocycles. The summed E-state index contributed by atoms with van der Waals surface area (Å²) in [5.41, 5.74) is 8.41. The molecule has 0 fully saturated rings. The van der Waals surface area contributed by atoms with Gasteiger partial charge in [-0.3, -0.25) is 0 Å². The van der Waals surface area contributed by atoms with Crippen molar-refractivity contribution in [3.63, 3.8) is 0 Å².